The van der Waals surface area contributed by atoms with Crippen molar-refractivity contribution in [1.29, 1.82) is 5.26 Å². The molecular weight excluding hydrogens is 372 g/mol. The van der Waals surface area contributed by atoms with Gasteiger partial charge < -0.3 is 5.32 Å². The van der Waals surface area contributed by atoms with Crippen LogP contribution in [0.1, 0.15) is 57.9 Å². The highest BCUT2D eigenvalue weighted by molar-refractivity contribution is 8.00. The van der Waals surface area contributed by atoms with Crippen molar-refractivity contribution in [2.24, 2.45) is 0 Å². The van der Waals surface area contributed by atoms with Crippen molar-refractivity contribution in [1.82, 2.24) is 25.1 Å². The lowest BCUT2D eigenvalue weighted by atomic mass is 9.83. The van der Waals surface area contributed by atoms with Gasteiger partial charge in [-0.3, -0.25) is 14.3 Å². The van der Waals surface area contributed by atoms with E-state index in [2.05, 4.69) is 31.1 Å². The molecule has 0 unspecified atom stereocenters. The Balaban J connectivity index is 1.50. The van der Waals surface area contributed by atoms with Gasteiger partial charge in [-0.15, -0.1) is 10.2 Å². The van der Waals surface area contributed by atoms with Crippen LogP contribution in [0.25, 0.3) is 11.4 Å². The normalized spacial score (nSPS) is 19.6. The van der Waals surface area contributed by atoms with Crippen molar-refractivity contribution >= 4 is 17.7 Å². The molecule has 7 nitrogen and oxygen atoms in total. The van der Waals surface area contributed by atoms with Gasteiger partial charge in [-0.05, 0) is 44.7 Å². The number of nitrogens with zero attached hydrogens (tertiary/aromatic N) is 5. The molecule has 0 spiro atoms. The van der Waals surface area contributed by atoms with Crippen molar-refractivity contribution in [3.05, 3.63) is 24.5 Å². The minimum atomic E-state index is -0.712. The summed E-state index contributed by atoms with van der Waals surface area (Å²) in [5.41, 5.74) is 0.264. The van der Waals surface area contributed by atoms with Crippen LogP contribution in [-0.4, -0.2) is 36.4 Å². The molecule has 0 saturated heterocycles. The minimum Gasteiger partial charge on any atom is -0.337 e. The van der Waals surface area contributed by atoms with Gasteiger partial charge in [0.15, 0.2) is 11.0 Å². The third-order valence-corrected chi connectivity index (χ3v) is 6.51. The Kier molecular flexibility index (Phi) is 5.36. The first-order valence-corrected chi connectivity index (χ1v) is 10.7. The average Bonchev–Trinajstić information content (AvgIpc) is 3.49. The van der Waals surface area contributed by atoms with Gasteiger partial charge in [0.1, 0.15) is 5.54 Å². The molecule has 2 aromatic rings. The van der Waals surface area contributed by atoms with Crippen molar-refractivity contribution in [2.45, 2.75) is 73.9 Å². The van der Waals surface area contributed by atoms with Crippen molar-refractivity contribution in [3.63, 3.8) is 0 Å². The maximum atomic E-state index is 12.8. The van der Waals surface area contributed by atoms with Crippen LogP contribution in [0.5, 0.6) is 0 Å². The molecule has 1 N–H and O–H groups in total. The van der Waals surface area contributed by atoms with E-state index in [1.807, 2.05) is 19.1 Å². The Morgan fingerprint density at radius 2 is 2.00 bits per heavy atom. The van der Waals surface area contributed by atoms with Crippen LogP contribution in [0.2, 0.25) is 0 Å². The zero-order valence-corrected chi connectivity index (χ0v) is 16.8. The summed E-state index contributed by atoms with van der Waals surface area (Å²) in [5, 5.41) is 21.8. The van der Waals surface area contributed by atoms with E-state index in [-0.39, 0.29) is 11.2 Å². The summed E-state index contributed by atoms with van der Waals surface area (Å²) < 4.78 is 2.14. The van der Waals surface area contributed by atoms with E-state index in [9.17, 15) is 10.1 Å². The molecule has 0 aliphatic heterocycles. The molecule has 2 aromatic heterocycles. The topological polar surface area (TPSA) is 96.5 Å². The van der Waals surface area contributed by atoms with Crippen molar-refractivity contribution in [2.75, 3.05) is 0 Å². The second-order valence-corrected chi connectivity index (χ2v) is 8.96. The monoisotopic (exact) mass is 396 g/mol. The highest BCUT2D eigenvalue weighted by atomic mass is 32.2. The van der Waals surface area contributed by atoms with Crippen LogP contribution in [0, 0.1) is 11.3 Å². The molecular formula is C20H24N6OS. The molecule has 146 valence electrons. The third kappa shape index (κ3) is 3.90. The van der Waals surface area contributed by atoms with Gasteiger partial charge in [0.25, 0.3) is 0 Å². The molecule has 2 fully saturated rings. The number of pyridine rings is 1. The maximum absolute atomic E-state index is 12.8. The van der Waals surface area contributed by atoms with E-state index < -0.39 is 5.54 Å². The lowest BCUT2D eigenvalue weighted by molar-refractivity contribution is -0.121. The molecule has 1 amide bonds. The zero-order valence-electron chi connectivity index (χ0n) is 16.0. The first kappa shape index (κ1) is 18.9. The predicted molar refractivity (Wildman–Crippen MR) is 106 cm³/mol. The standard InChI is InChI=1S/C20H24N6OS/c1-14(18(27)23-20(13-21)9-3-2-4-10-20)28-19-25-24-17(26(19)16-5-6-16)15-7-11-22-12-8-15/h7-8,11-12,14,16H,2-6,9-10H2,1H3,(H,23,27)/t14-/m1/s1. The van der Waals surface area contributed by atoms with E-state index in [4.69, 9.17) is 0 Å². The number of hydrogen-bond donors (Lipinski definition) is 1. The van der Waals surface area contributed by atoms with E-state index >= 15 is 0 Å². The fourth-order valence-electron chi connectivity index (χ4n) is 3.69. The van der Waals surface area contributed by atoms with Crippen LogP contribution in [-0.2, 0) is 4.79 Å². The molecule has 4 rings (SSSR count). The Labute approximate surface area is 168 Å². The van der Waals surface area contributed by atoms with Crippen molar-refractivity contribution < 1.29 is 4.79 Å². The van der Waals surface area contributed by atoms with Gasteiger partial charge in [-0.2, -0.15) is 5.26 Å². The lowest BCUT2D eigenvalue weighted by Crippen LogP contribution is -2.51. The molecule has 0 bridgehead atoms. The van der Waals surface area contributed by atoms with Crippen molar-refractivity contribution in [3.8, 4) is 17.5 Å². The molecule has 0 aromatic carbocycles. The summed E-state index contributed by atoms with van der Waals surface area (Å²) in [5.74, 6) is 0.713. The number of nitrogens with one attached hydrogen (secondary N) is 1. The average molecular weight is 397 g/mol. The van der Waals surface area contributed by atoms with Crippen LogP contribution in [0.15, 0.2) is 29.7 Å². The molecule has 8 heteroatoms. The number of nitriles is 1. The molecule has 1 atom stereocenters. The van der Waals surface area contributed by atoms with Gasteiger partial charge in [0.2, 0.25) is 5.91 Å². The van der Waals surface area contributed by atoms with E-state index in [1.165, 1.54) is 11.8 Å². The minimum absolute atomic E-state index is 0.107. The highest BCUT2D eigenvalue weighted by Crippen LogP contribution is 2.41. The smallest absolute Gasteiger partial charge is 0.234 e. The number of aromatic nitrogens is 4. The summed E-state index contributed by atoms with van der Waals surface area (Å²) >= 11 is 1.41. The van der Waals surface area contributed by atoms with Crippen LogP contribution < -0.4 is 5.32 Å². The first-order valence-electron chi connectivity index (χ1n) is 9.87. The predicted octanol–water partition coefficient (Wildman–Crippen LogP) is 3.50. The maximum Gasteiger partial charge on any atom is 0.234 e. The number of carbonyl (C=O) groups excluding carboxylic acids is 1. The van der Waals surface area contributed by atoms with E-state index in [0.717, 1.165) is 61.5 Å². The number of hydrogen-bond acceptors (Lipinski definition) is 6. The summed E-state index contributed by atoms with van der Waals surface area (Å²) in [6, 6.07) is 6.59. The molecule has 2 aliphatic rings. The second kappa shape index (κ2) is 7.92. The summed E-state index contributed by atoms with van der Waals surface area (Å²) in [6.07, 6.45) is 10.3. The number of thioether (sulfide) groups is 1. The number of carbonyl (C=O) groups is 1. The second-order valence-electron chi connectivity index (χ2n) is 7.65. The van der Waals surface area contributed by atoms with Gasteiger partial charge >= 0.3 is 0 Å². The van der Waals surface area contributed by atoms with Gasteiger partial charge in [0.05, 0.1) is 11.3 Å². The van der Waals surface area contributed by atoms with Gasteiger partial charge in [-0.1, -0.05) is 31.0 Å². The summed E-state index contributed by atoms with van der Waals surface area (Å²) in [6.45, 7) is 1.87. The number of rotatable bonds is 6. The fourth-order valence-corrected chi connectivity index (χ4v) is 4.61. The first-order chi connectivity index (χ1) is 13.6. The van der Waals surface area contributed by atoms with Gasteiger partial charge in [-0.25, -0.2) is 0 Å². The highest BCUT2D eigenvalue weighted by Gasteiger charge is 2.36. The lowest BCUT2D eigenvalue weighted by Gasteiger charge is -2.32. The molecule has 2 aliphatic carbocycles. The zero-order chi connectivity index (χ0) is 19.6. The Morgan fingerprint density at radius 3 is 2.64 bits per heavy atom. The SMILES string of the molecule is C[C@@H](Sc1nnc(-c2ccncc2)n1C1CC1)C(=O)NC1(C#N)CCCCC1. The van der Waals surface area contributed by atoms with Crippen LogP contribution in [0.4, 0.5) is 0 Å². The number of amides is 1. The molecule has 2 saturated carbocycles. The molecule has 0 radical (unpaired) electrons. The van der Waals surface area contributed by atoms with Crippen LogP contribution in [0.3, 0.4) is 0 Å². The fraction of sp³-hybridized carbons (Fsp3) is 0.550. The Bertz CT molecular complexity index is 880. The summed E-state index contributed by atoms with van der Waals surface area (Å²) in [7, 11) is 0. The Morgan fingerprint density at radius 1 is 1.29 bits per heavy atom. The Hall–Kier alpha value is -2.40. The van der Waals surface area contributed by atoms with E-state index in [0.29, 0.717) is 6.04 Å². The van der Waals surface area contributed by atoms with E-state index in [1.54, 1.807) is 12.4 Å². The molecule has 28 heavy (non-hydrogen) atoms. The largest absolute Gasteiger partial charge is 0.337 e. The molecule has 2 heterocycles. The van der Waals surface area contributed by atoms with Gasteiger partial charge in [0, 0.05) is 24.0 Å². The van der Waals surface area contributed by atoms with Crippen LogP contribution >= 0.6 is 11.8 Å². The quantitative estimate of drug-likeness (QED) is 0.751. The summed E-state index contributed by atoms with van der Waals surface area (Å²) in [4.78, 5) is 16.9. The third-order valence-electron chi connectivity index (χ3n) is 5.45.